The van der Waals surface area contributed by atoms with Crippen LogP contribution < -0.4 is 5.56 Å². The molecule has 1 spiro atoms. The van der Waals surface area contributed by atoms with Crippen LogP contribution in [0.15, 0.2) is 94.6 Å². The van der Waals surface area contributed by atoms with Gasteiger partial charge in [0.25, 0.3) is 5.56 Å². The standard InChI is InChI=1S/C44H50N2O11S/c1-6-43(41(49)53-7-2,36-24-38-44(55-27-42(4,5)28-56-44)21-22-45(38)40(48)35(36)26-54-29(3)47)39(57-50)37-23-32-15-11-12-16-33(32)25-46(37)58(51,52)34-19-17-31(18-20-34)30-13-9-8-10-14-30/h8-20,24,37,39,50H,6-7,21-23,25-28H2,1-5H3/t37?,39-,43?/m0/s1. The Kier molecular flexibility index (Phi) is 11.5. The summed E-state index contributed by atoms with van der Waals surface area (Å²) < 4.78 is 56.7. The highest BCUT2D eigenvalue weighted by molar-refractivity contribution is 7.89. The maximum atomic E-state index is 15.0. The first-order valence-corrected chi connectivity index (χ1v) is 21.1. The van der Waals surface area contributed by atoms with Crippen molar-refractivity contribution in [2.45, 2.75) is 102 Å². The fourth-order valence-corrected chi connectivity index (χ4v) is 10.2. The van der Waals surface area contributed by atoms with Gasteiger partial charge in [0, 0.05) is 31.8 Å². The molecule has 1 aromatic heterocycles. The van der Waals surface area contributed by atoms with Crippen LogP contribution in [0, 0.1) is 5.41 Å². The van der Waals surface area contributed by atoms with E-state index in [2.05, 4.69) is 0 Å². The lowest BCUT2D eigenvalue weighted by atomic mass is 9.68. The Morgan fingerprint density at radius 3 is 2.19 bits per heavy atom. The molecule has 58 heavy (non-hydrogen) atoms. The van der Waals surface area contributed by atoms with Gasteiger partial charge in [-0.25, -0.2) is 13.3 Å². The Morgan fingerprint density at radius 2 is 1.57 bits per heavy atom. The highest BCUT2D eigenvalue weighted by Gasteiger charge is 2.58. The predicted molar refractivity (Wildman–Crippen MR) is 213 cm³/mol. The predicted octanol–water partition coefficient (Wildman–Crippen LogP) is 6.09. The fraction of sp³-hybridized carbons (Fsp3) is 0.432. The second kappa shape index (κ2) is 16.2. The van der Waals surface area contributed by atoms with Crippen molar-refractivity contribution in [2.24, 2.45) is 5.41 Å². The van der Waals surface area contributed by atoms with E-state index in [0.717, 1.165) is 22.3 Å². The van der Waals surface area contributed by atoms with Crippen molar-refractivity contribution >= 4 is 22.0 Å². The zero-order valence-electron chi connectivity index (χ0n) is 33.4. The van der Waals surface area contributed by atoms with Gasteiger partial charge in [-0.1, -0.05) is 87.5 Å². The molecule has 0 amide bonds. The molecule has 3 aliphatic heterocycles. The van der Waals surface area contributed by atoms with Gasteiger partial charge in [0.2, 0.25) is 15.8 Å². The Hall–Kier alpha value is -4.70. The highest BCUT2D eigenvalue weighted by atomic mass is 32.2. The van der Waals surface area contributed by atoms with Crippen LogP contribution in [0.4, 0.5) is 0 Å². The first-order valence-electron chi connectivity index (χ1n) is 19.6. The molecule has 1 fully saturated rings. The minimum atomic E-state index is -4.36. The van der Waals surface area contributed by atoms with E-state index < -0.39 is 57.5 Å². The second-order valence-corrected chi connectivity index (χ2v) is 17.8. The van der Waals surface area contributed by atoms with Crippen LogP contribution in [-0.2, 0) is 80.8 Å². The second-order valence-electron chi connectivity index (χ2n) is 16.0. The van der Waals surface area contributed by atoms with Crippen molar-refractivity contribution in [3.8, 4) is 11.1 Å². The van der Waals surface area contributed by atoms with E-state index in [4.69, 9.17) is 23.8 Å². The van der Waals surface area contributed by atoms with Gasteiger partial charge in [0.1, 0.15) is 18.1 Å². The van der Waals surface area contributed by atoms with E-state index >= 15 is 0 Å². The van der Waals surface area contributed by atoms with E-state index in [0.29, 0.717) is 25.3 Å². The number of hydrogen-bond donors (Lipinski definition) is 1. The minimum absolute atomic E-state index is 0.00531. The third-order valence-electron chi connectivity index (χ3n) is 11.7. The maximum Gasteiger partial charge on any atom is 0.319 e. The van der Waals surface area contributed by atoms with Crippen LogP contribution in [0.5, 0.6) is 0 Å². The van der Waals surface area contributed by atoms with Crippen LogP contribution in [0.1, 0.15) is 75.4 Å². The zero-order chi connectivity index (χ0) is 41.5. The summed E-state index contributed by atoms with van der Waals surface area (Å²) in [6, 6.07) is 23.8. The first kappa shape index (κ1) is 41.5. The van der Waals surface area contributed by atoms with Gasteiger partial charge in [-0.3, -0.25) is 19.6 Å². The van der Waals surface area contributed by atoms with Crippen molar-refractivity contribution in [2.75, 3.05) is 19.8 Å². The number of carbonyl (C=O) groups excluding carboxylic acids is 2. The lowest BCUT2D eigenvalue weighted by molar-refractivity contribution is -0.307. The smallest absolute Gasteiger partial charge is 0.319 e. The summed E-state index contributed by atoms with van der Waals surface area (Å²) in [5, 5.41) is 11.2. The molecular weight excluding hydrogens is 765 g/mol. The third kappa shape index (κ3) is 7.30. The molecule has 2 unspecified atom stereocenters. The summed E-state index contributed by atoms with van der Waals surface area (Å²) >= 11 is 0. The maximum absolute atomic E-state index is 15.0. The van der Waals surface area contributed by atoms with Crippen LogP contribution in [0.25, 0.3) is 11.1 Å². The molecule has 14 heteroatoms. The molecule has 13 nitrogen and oxygen atoms in total. The Balaban J connectivity index is 1.43. The van der Waals surface area contributed by atoms with Crippen molar-refractivity contribution in [3.63, 3.8) is 0 Å². The van der Waals surface area contributed by atoms with Crippen LogP contribution in [-0.4, -0.2) is 66.5 Å². The molecular formula is C44H50N2O11S. The van der Waals surface area contributed by atoms with Crippen molar-refractivity contribution in [3.05, 3.63) is 123 Å². The summed E-state index contributed by atoms with van der Waals surface area (Å²) in [7, 11) is -4.36. The quantitative estimate of drug-likeness (QED) is 0.100. The van der Waals surface area contributed by atoms with Gasteiger partial charge in [-0.2, -0.15) is 4.31 Å². The van der Waals surface area contributed by atoms with Crippen LogP contribution in [0.3, 0.4) is 0 Å². The molecule has 0 saturated carbocycles. The highest BCUT2D eigenvalue weighted by Crippen LogP contribution is 2.47. The van der Waals surface area contributed by atoms with Crippen LogP contribution in [0.2, 0.25) is 0 Å². The third-order valence-corrected chi connectivity index (χ3v) is 13.6. The number of pyridine rings is 1. The number of hydrogen-bond acceptors (Lipinski definition) is 11. The number of benzene rings is 3. The van der Waals surface area contributed by atoms with Gasteiger partial charge < -0.3 is 23.5 Å². The Labute approximate surface area is 338 Å². The van der Waals surface area contributed by atoms with Gasteiger partial charge in [0.15, 0.2) is 0 Å². The molecule has 7 rings (SSSR count). The van der Waals surface area contributed by atoms with Crippen molar-refractivity contribution < 1.29 is 47.1 Å². The van der Waals surface area contributed by atoms with Gasteiger partial charge in [-0.15, -0.1) is 0 Å². The van der Waals surface area contributed by atoms with Crippen molar-refractivity contribution in [1.82, 2.24) is 8.87 Å². The molecule has 3 atom stereocenters. The number of aromatic nitrogens is 1. The monoisotopic (exact) mass is 814 g/mol. The fourth-order valence-electron chi connectivity index (χ4n) is 8.62. The summed E-state index contributed by atoms with van der Waals surface area (Å²) in [5.74, 6) is -2.87. The summed E-state index contributed by atoms with van der Waals surface area (Å²) in [6.07, 6.45) is -1.47. The number of nitrogens with zero attached hydrogens (tertiary/aromatic N) is 2. The molecule has 308 valence electrons. The molecule has 1 N–H and O–H groups in total. The largest absolute Gasteiger partial charge is 0.465 e. The lowest BCUT2D eigenvalue weighted by Gasteiger charge is -2.46. The molecule has 1 saturated heterocycles. The summed E-state index contributed by atoms with van der Waals surface area (Å²) in [4.78, 5) is 47.3. The SMILES string of the molecule is CCOC(=O)C(CC)(c1cc2n(c(=O)c1COC(C)=O)CCC21OCC(C)(C)CO1)[C@@H](OO)C1Cc2ccccc2CN1S(=O)(=O)c1ccc(-c2ccccc2)cc1. The van der Waals surface area contributed by atoms with E-state index in [1.165, 1.54) is 27.9 Å². The van der Waals surface area contributed by atoms with E-state index in [9.17, 15) is 28.1 Å². The molecule has 4 aromatic rings. The Bertz CT molecular complexity index is 2330. The molecule has 0 aliphatic carbocycles. The number of ether oxygens (including phenoxy) is 4. The lowest BCUT2D eigenvalue weighted by Crippen LogP contribution is -2.61. The Morgan fingerprint density at radius 1 is 0.931 bits per heavy atom. The van der Waals surface area contributed by atoms with Gasteiger partial charge >= 0.3 is 11.9 Å². The molecule has 0 bridgehead atoms. The summed E-state index contributed by atoms with van der Waals surface area (Å²) in [5.41, 5.74) is 0.681. The first-order chi connectivity index (χ1) is 27.7. The van der Waals surface area contributed by atoms with E-state index in [1.807, 2.05) is 68.4 Å². The number of rotatable bonds is 12. The number of fused-ring (bicyclic) bond motifs is 3. The zero-order valence-corrected chi connectivity index (χ0v) is 34.3. The van der Waals surface area contributed by atoms with E-state index in [1.54, 1.807) is 32.0 Å². The number of esters is 2. The average Bonchev–Trinajstić information content (AvgIpc) is 3.58. The normalized spacial score (nSPS) is 20.1. The average molecular weight is 815 g/mol. The molecule has 4 heterocycles. The molecule has 3 aromatic carbocycles. The molecule has 0 radical (unpaired) electrons. The van der Waals surface area contributed by atoms with Crippen LogP contribution >= 0.6 is 0 Å². The number of carbonyl (C=O) groups is 2. The van der Waals surface area contributed by atoms with Gasteiger partial charge in [-0.05, 0) is 65.8 Å². The summed E-state index contributed by atoms with van der Waals surface area (Å²) in [6.45, 7) is 8.65. The topological polar surface area (TPSA) is 160 Å². The minimum Gasteiger partial charge on any atom is -0.465 e. The number of sulfonamides is 1. The van der Waals surface area contributed by atoms with Gasteiger partial charge in [0.05, 0.1) is 42.0 Å². The molecule has 3 aliphatic rings. The van der Waals surface area contributed by atoms with Crippen molar-refractivity contribution in [1.29, 1.82) is 0 Å². The van der Waals surface area contributed by atoms with E-state index in [-0.39, 0.29) is 54.0 Å².